The molecule has 4 heteroatoms. The Hall–Kier alpha value is -1.51. The lowest BCUT2D eigenvalue weighted by atomic mass is 10.1. The molecule has 0 spiro atoms. The minimum atomic E-state index is 0.686. The van der Waals surface area contributed by atoms with Crippen LogP contribution in [0.5, 0.6) is 0 Å². The number of aromatic nitrogens is 2. The van der Waals surface area contributed by atoms with Crippen LogP contribution < -0.4 is 0 Å². The first-order valence-electron chi connectivity index (χ1n) is 5.60. The Labute approximate surface area is 115 Å². The van der Waals surface area contributed by atoms with Crippen LogP contribution >= 0.6 is 23.2 Å². The number of hydrogen-bond acceptors (Lipinski definition) is 1. The highest BCUT2D eigenvalue weighted by atomic mass is 35.5. The zero-order valence-corrected chi connectivity index (χ0v) is 11.0. The Morgan fingerprint density at radius 3 is 2.72 bits per heavy atom. The minimum absolute atomic E-state index is 0.686. The molecular weight excluding hydrogens is 267 g/mol. The highest BCUT2D eigenvalue weighted by Crippen LogP contribution is 2.21. The fourth-order valence-corrected chi connectivity index (χ4v) is 2.32. The first-order chi connectivity index (χ1) is 8.72. The normalized spacial score (nSPS) is 11.0. The average Bonchev–Trinajstić information content (AvgIpc) is 2.73. The number of fused-ring (bicyclic) bond motifs is 1. The van der Waals surface area contributed by atoms with Crippen molar-refractivity contribution in [2.24, 2.45) is 0 Å². The molecule has 0 radical (unpaired) electrons. The van der Waals surface area contributed by atoms with Crippen LogP contribution in [0.2, 0.25) is 10.0 Å². The van der Waals surface area contributed by atoms with Gasteiger partial charge in [0.05, 0.1) is 11.0 Å². The summed E-state index contributed by atoms with van der Waals surface area (Å²) in [6.07, 6.45) is 0.686. The maximum absolute atomic E-state index is 6.14. The van der Waals surface area contributed by atoms with Crippen LogP contribution in [0.15, 0.2) is 42.5 Å². The fraction of sp³-hybridized carbons (Fsp3) is 0.0714. The molecule has 0 aliphatic heterocycles. The van der Waals surface area contributed by atoms with Crippen LogP contribution in [0.1, 0.15) is 11.4 Å². The Kier molecular flexibility index (Phi) is 2.98. The van der Waals surface area contributed by atoms with E-state index in [9.17, 15) is 0 Å². The largest absolute Gasteiger partial charge is 0.342 e. The van der Waals surface area contributed by atoms with Gasteiger partial charge in [0, 0.05) is 16.5 Å². The van der Waals surface area contributed by atoms with E-state index in [1.807, 2.05) is 42.5 Å². The lowest BCUT2D eigenvalue weighted by Gasteiger charge is -2.00. The summed E-state index contributed by atoms with van der Waals surface area (Å²) in [5.74, 6) is 0.889. The van der Waals surface area contributed by atoms with Crippen molar-refractivity contribution in [3.63, 3.8) is 0 Å². The topological polar surface area (TPSA) is 28.7 Å². The molecule has 90 valence electrons. The molecule has 18 heavy (non-hydrogen) atoms. The van der Waals surface area contributed by atoms with Gasteiger partial charge < -0.3 is 4.98 Å². The first kappa shape index (κ1) is 11.6. The van der Waals surface area contributed by atoms with Crippen molar-refractivity contribution in [1.82, 2.24) is 9.97 Å². The van der Waals surface area contributed by atoms with E-state index in [0.717, 1.165) is 27.4 Å². The van der Waals surface area contributed by atoms with Gasteiger partial charge in [-0.05, 0) is 29.8 Å². The highest BCUT2D eigenvalue weighted by Gasteiger charge is 2.06. The molecule has 0 unspecified atom stereocenters. The van der Waals surface area contributed by atoms with Crippen LogP contribution in [-0.4, -0.2) is 9.97 Å². The van der Waals surface area contributed by atoms with Crippen molar-refractivity contribution >= 4 is 34.2 Å². The summed E-state index contributed by atoms with van der Waals surface area (Å²) in [5, 5.41) is 1.46. The summed E-state index contributed by atoms with van der Waals surface area (Å²) < 4.78 is 0. The quantitative estimate of drug-likeness (QED) is 0.736. The average molecular weight is 277 g/mol. The third-order valence-electron chi connectivity index (χ3n) is 2.81. The third-order valence-corrected chi connectivity index (χ3v) is 3.41. The second-order valence-electron chi connectivity index (χ2n) is 4.11. The lowest BCUT2D eigenvalue weighted by molar-refractivity contribution is 1.04. The van der Waals surface area contributed by atoms with Gasteiger partial charge in [-0.25, -0.2) is 4.98 Å². The van der Waals surface area contributed by atoms with E-state index in [0.29, 0.717) is 11.4 Å². The summed E-state index contributed by atoms with van der Waals surface area (Å²) in [4.78, 5) is 7.78. The lowest BCUT2D eigenvalue weighted by Crippen LogP contribution is -1.91. The monoisotopic (exact) mass is 276 g/mol. The van der Waals surface area contributed by atoms with Crippen molar-refractivity contribution < 1.29 is 0 Å². The van der Waals surface area contributed by atoms with Crippen molar-refractivity contribution in [1.29, 1.82) is 0 Å². The molecular formula is C14H10Cl2N2. The van der Waals surface area contributed by atoms with Crippen LogP contribution in [0.4, 0.5) is 0 Å². The predicted octanol–water partition coefficient (Wildman–Crippen LogP) is 4.46. The fourth-order valence-electron chi connectivity index (χ4n) is 1.94. The Bertz CT molecular complexity index is 704. The molecule has 0 aliphatic carbocycles. The van der Waals surface area contributed by atoms with Crippen molar-refractivity contribution in [3.05, 3.63) is 63.9 Å². The highest BCUT2D eigenvalue weighted by molar-refractivity contribution is 6.31. The molecule has 1 N–H and O–H groups in total. The number of nitrogens with zero attached hydrogens (tertiary/aromatic N) is 1. The number of imidazole rings is 1. The van der Waals surface area contributed by atoms with E-state index in [1.54, 1.807) is 0 Å². The Morgan fingerprint density at radius 1 is 1.06 bits per heavy atom. The number of nitrogens with one attached hydrogen (secondary N) is 1. The van der Waals surface area contributed by atoms with Crippen molar-refractivity contribution in [2.45, 2.75) is 6.42 Å². The van der Waals surface area contributed by atoms with Gasteiger partial charge in [-0.1, -0.05) is 41.4 Å². The summed E-state index contributed by atoms with van der Waals surface area (Å²) in [6.45, 7) is 0. The van der Waals surface area contributed by atoms with Crippen LogP contribution in [0.25, 0.3) is 11.0 Å². The first-order valence-corrected chi connectivity index (χ1v) is 6.35. The number of benzene rings is 2. The van der Waals surface area contributed by atoms with Gasteiger partial charge in [-0.3, -0.25) is 0 Å². The number of H-pyrrole nitrogens is 1. The molecule has 0 saturated heterocycles. The summed E-state index contributed by atoms with van der Waals surface area (Å²) in [6, 6.07) is 13.4. The SMILES string of the molecule is Clc1ccc2nc(Cc3ccccc3Cl)[nH]c2c1. The van der Waals surface area contributed by atoms with Crippen molar-refractivity contribution in [3.8, 4) is 0 Å². The van der Waals surface area contributed by atoms with Crippen LogP contribution in [0.3, 0.4) is 0 Å². The summed E-state index contributed by atoms with van der Waals surface area (Å²) >= 11 is 12.1. The third kappa shape index (κ3) is 2.22. The summed E-state index contributed by atoms with van der Waals surface area (Å²) in [7, 11) is 0. The van der Waals surface area contributed by atoms with Gasteiger partial charge in [-0.15, -0.1) is 0 Å². The number of hydrogen-bond donors (Lipinski definition) is 1. The minimum Gasteiger partial charge on any atom is -0.342 e. The van der Waals surface area contributed by atoms with Gasteiger partial charge >= 0.3 is 0 Å². The number of rotatable bonds is 2. The molecule has 1 aromatic heterocycles. The zero-order valence-electron chi connectivity index (χ0n) is 9.45. The molecule has 0 amide bonds. The molecule has 0 fully saturated rings. The Balaban J connectivity index is 1.98. The smallest absolute Gasteiger partial charge is 0.111 e. The molecule has 3 rings (SSSR count). The van der Waals surface area contributed by atoms with E-state index in [-0.39, 0.29) is 0 Å². The molecule has 3 aromatic rings. The van der Waals surface area contributed by atoms with Crippen LogP contribution in [0, 0.1) is 0 Å². The molecule has 0 bridgehead atoms. The van der Waals surface area contributed by atoms with Crippen LogP contribution in [-0.2, 0) is 6.42 Å². The molecule has 0 aliphatic rings. The maximum atomic E-state index is 6.14. The van der Waals surface area contributed by atoms with Gasteiger partial charge in [0.2, 0.25) is 0 Å². The second-order valence-corrected chi connectivity index (χ2v) is 4.96. The van der Waals surface area contributed by atoms with E-state index < -0.39 is 0 Å². The standard InChI is InChI=1S/C14H10Cl2N2/c15-10-5-6-12-13(8-10)18-14(17-12)7-9-3-1-2-4-11(9)16/h1-6,8H,7H2,(H,17,18). The van der Waals surface area contributed by atoms with Crippen molar-refractivity contribution in [2.75, 3.05) is 0 Å². The van der Waals surface area contributed by atoms with Gasteiger partial charge in [0.1, 0.15) is 5.82 Å². The number of aromatic amines is 1. The summed E-state index contributed by atoms with van der Waals surface area (Å²) in [5.41, 5.74) is 2.93. The maximum Gasteiger partial charge on any atom is 0.111 e. The zero-order chi connectivity index (χ0) is 12.5. The molecule has 2 aromatic carbocycles. The Morgan fingerprint density at radius 2 is 1.89 bits per heavy atom. The van der Waals surface area contributed by atoms with E-state index in [1.165, 1.54) is 0 Å². The molecule has 0 atom stereocenters. The predicted molar refractivity (Wildman–Crippen MR) is 75.4 cm³/mol. The van der Waals surface area contributed by atoms with Gasteiger partial charge in [0.15, 0.2) is 0 Å². The molecule has 2 nitrogen and oxygen atoms in total. The van der Waals surface area contributed by atoms with Gasteiger partial charge in [0.25, 0.3) is 0 Å². The van der Waals surface area contributed by atoms with E-state index in [2.05, 4.69) is 9.97 Å². The molecule has 0 saturated carbocycles. The van der Waals surface area contributed by atoms with E-state index in [4.69, 9.17) is 23.2 Å². The second kappa shape index (κ2) is 4.63. The molecule has 1 heterocycles. The van der Waals surface area contributed by atoms with E-state index >= 15 is 0 Å². The number of halogens is 2. The van der Waals surface area contributed by atoms with Gasteiger partial charge in [-0.2, -0.15) is 0 Å².